The first-order valence-electron chi connectivity index (χ1n) is 5.29. The van der Waals surface area contributed by atoms with E-state index in [-0.39, 0.29) is 5.75 Å². The second-order valence-electron chi connectivity index (χ2n) is 3.64. The van der Waals surface area contributed by atoms with Crippen molar-refractivity contribution in [1.82, 2.24) is 9.97 Å². The molecule has 2 rings (SSSR count). The van der Waals surface area contributed by atoms with Gasteiger partial charge in [0.2, 0.25) is 0 Å². The van der Waals surface area contributed by atoms with E-state index in [4.69, 9.17) is 22.4 Å². The van der Waals surface area contributed by atoms with Crippen molar-refractivity contribution in [1.29, 1.82) is 0 Å². The molecule has 0 atom stereocenters. The van der Waals surface area contributed by atoms with Crippen molar-refractivity contribution in [2.45, 2.75) is 5.16 Å². The van der Waals surface area contributed by atoms with Gasteiger partial charge in [0.25, 0.3) is 0 Å². The number of rotatable bonds is 4. The van der Waals surface area contributed by atoms with Crippen molar-refractivity contribution in [3.8, 4) is 11.1 Å². The van der Waals surface area contributed by atoms with Crippen molar-refractivity contribution in [3.05, 3.63) is 35.5 Å². The number of hydrogen-bond acceptors (Lipinski definition) is 5. The molecule has 0 saturated carbocycles. The van der Waals surface area contributed by atoms with Gasteiger partial charge in [-0.05, 0) is 17.7 Å². The molecule has 19 heavy (non-hydrogen) atoms. The summed E-state index contributed by atoms with van der Waals surface area (Å²) in [6.07, 6.45) is 1.57. The molecule has 0 aliphatic carbocycles. The zero-order valence-electron chi connectivity index (χ0n) is 9.71. The van der Waals surface area contributed by atoms with E-state index in [1.54, 1.807) is 18.3 Å². The lowest BCUT2D eigenvalue weighted by molar-refractivity contribution is -0.133. The summed E-state index contributed by atoms with van der Waals surface area (Å²) in [4.78, 5) is 18.6. The van der Waals surface area contributed by atoms with E-state index in [0.29, 0.717) is 21.6 Å². The Morgan fingerprint density at radius 2 is 2.26 bits per heavy atom. The summed E-state index contributed by atoms with van der Waals surface area (Å²) in [6, 6.07) is 7.19. The first-order valence-corrected chi connectivity index (χ1v) is 6.65. The summed E-state index contributed by atoms with van der Waals surface area (Å²) < 4.78 is 0. The first kappa shape index (κ1) is 13.6. The molecule has 0 fully saturated rings. The number of carboxylic acid groups (broad SMARTS) is 1. The van der Waals surface area contributed by atoms with Crippen molar-refractivity contribution >= 4 is 35.1 Å². The van der Waals surface area contributed by atoms with Gasteiger partial charge in [-0.2, -0.15) is 0 Å². The third-order valence-corrected chi connectivity index (χ3v) is 3.34. The molecule has 0 radical (unpaired) electrons. The van der Waals surface area contributed by atoms with Gasteiger partial charge in [-0.1, -0.05) is 35.5 Å². The van der Waals surface area contributed by atoms with Crippen LogP contribution in [-0.4, -0.2) is 26.8 Å². The summed E-state index contributed by atoms with van der Waals surface area (Å²) in [5, 5.41) is 9.52. The van der Waals surface area contributed by atoms with Crippen molar-refractivity contribution < 1.29 is 9.90 Å². The molecule has 0 aliphatic rings. The largest absolute Gasteiger partial charge is 0.481 e. The molecule has 0 amide bonds. The van der Waals surface area contributed by atoms with Gasteiger partial charge in [0, 0.05) is 16.8 Å². The monoisotopic (exact) mass is 295 g/mol. The molecule has 3 N–H and O–H groups in total. The zero-order chi connectivity index (χ0) is 13.8. The van der Waals surface area contributed by atoms with Crippen LogP contribution >= 0.6 is 23.4 Å². The second kappa shape index (κ2) is 5.90. The minimum Gasteiger partial charge on any atom is -0.481 e. The van der Waals surface area contributed by atoms with Gasteiger partial charge in [0.1, 0.15) is 5.82 Å². The Kier molecular flexibility index (Phi) is 4.24. The highest BCUT2D eigenvalue weighted by molar-refractivity contribution is 7.99. The quantitative estimate of drug-likeness (QED) is 0.665. The Bertz CT molecular complexity index is 622. The Morgan fingerprint density at radius 3 is 2.89 bits per heavy atom. The van der Waals surface area contributed by atoms with E-state index in [0.717, 1.165) is 17.3 Å². The smallest absolute Gasteiger partial charge is 0.313 e. The van der Waals surface area contributed by atoms with E-state index in [1.807, 2.05) is 12.1 Å². The molecule has 7 heteroatoms. The van der Waals surface area contributed by atoms with Crippen LogP contribution in [0, 0.1) is 0 Å². The third-order valence-electron chi connectivity index (χ3n) is 2.26. The molecule has 1 heterocycles. The number of nitrogen functional groups attached to an aromatic ring is 1. The number of benzene rings is 1. The standard InChI is InChI=1S/C12H10ClN3O2S/c13-8-3-1-2-7(4-8)9-5-15-12(16-11(9)14)19-6-10(17)18/h1-5H,6H2,(H,17,18)(H2,14,15,16). The molecule has 0 aliphatic heterocycles. The van der Waals surface area contributed by atoms with E-state index in [2.05, 4.69) is 9.97 Å². The van der Waals surface area contributed by atoms with Crippen LogP contribution in [0.3, 0.4) is 0 Å². The molecule has 0 saturated heterocycles. The van der Waals surface area contributed by atoms with Crippen LogP contribution in [0.5, 0.6) is 0 Å². The van der Waals surface area contributed by atoms with E-state index >= 15 is 0 Å². The average Bonchev–Trinajstić information content (AvgIpc) is 2.36. The molecule has 2 aromatic rings. The number of nitrogens with two attached hydrogens (primary N) is 1. The highest BCUT2D eigenvalue weighted by Gasteiger charge is 2.08. The number of carboxylic acids is 1. The number of aliphatic carboxylic acids is 1. The molecule has 1 aromatic heterocycles. The number of carbonyl (C=O) groups is 1. The Balaban J connectivity index is 2.26. The minimum absolute atomic E-state index is 0.101. The van der Waals surface area contributed by atoms with E-state index in [9.17, 15) is 4.79 Å². The molecule has 0 unspecified atom stereocenters. The molecule has 98 valence electrons. The van der Waals surface area contributed by atoms with E-state index in [1.165, 1.54) is 0 Å². The lowest BCUT2D eigenvalue weighted by Crippen LogP contribution is -2.02. The van der Waals surface area contributed by atoms with Gasteiger partial charge in [-0.25, -0.2) is 9.97 Å². The van der Waals surface area contributed by atoms with Crippen LogP contribution < -0.4 is 5.73 Å². The van der Waals surface area contributed by atoms with Gasteiger partial charge in [0.15, 0.2) is 5.16 Å². The first-order chi connectivity index (χ1) is 9.06. The maximum Gasteiger partial charge on any atom is 0.313 e. The maximum atomic E-state index is 10.5. The minimum atomic E-state index is -0.925. The van der Waals surface area contributed by atoms with Gasteiger partial charge in [-0.3, -0.25) is 4.79 Å². The van der Waals surface area contributed by atoms with Crippen LogP contribution in [0.2, 0.25) is 5.02 Å². The predicted octanol–water partition coefficient (Wildman–Crippen LogP) is 2.56. The van der Waals surface area contributed by atoms with Crippen LogP contribution in [-0.2, 0) is 4.79 Å². The Morgan fingerprint density at radius 1 is 1.47 bits per heavy atom. The SMILES string of the molecule is Nc1nc(SCC(=O)O)ncc1-c1cccc(Cl)c1. The Labute approximate surface area is 118 Å². The molecule has 0 spiro atoms. The fraction of sp³-hybridized carbons (Fsp3) is 0.0833. The van der Waals surface area contributed by atoms with E-state index < -0.39 is 5.97 Å². The number of hydrogen-bond donors (Lipinski definition) is 2. The van der Waals surface area contributed by atoms with Crippen LogP contribution in [0.1, 0.15) is 0 Å². The topological polar surface area (TPSA) is 89.1 Å². The van der Waals surface area contributed by atoms with Gasteiger partial charge >= 0.3 is 5.97 Å². The molecule has 1 aromatic carbocycles. The zero-order valence-corrected chi connectivity index (χ0v) is 11.3. The number of anilines is 1. The predicted molar refractivity (Wildman–Crippen MR) is 75.3 cm³/mol. The number of halogens is 1. The summed E-state index contributed by atoms with van der Waals surface area (Å²) in [7, 11) is 0. The second-order valence-corrected chi connectivity index (χ2v) is 5.02. The highest BCUT2D eigenvalue weighted by atomic mass is 35.5. The van der Waals surface area contributed by atoms with Crippen molar-refractivity contribution in [2.24, 2.45) is 0 Å². The molecule has 0 bridgehead atoms. The maximum absolute atomic E-state index is 10.5. The van der Waals surface area contributed by atoms with Gasteiger partial charge < -0.3 is 10.8 Å². The molecule has 5 nitrogen and oxygen atoms in total. The summed E-state index contributed by atoms with van der Waals surface area (Å²) >= 11 is 6.93. The highest BCUT2D eigenvalue weighted by Crippen LogP contribution is 2.27. The fourth-order valence-corrected chi connectivity index (χ4v) is 2.19. The summed E-state index contributed by atoms with van der Waals surface area (Å²) in [5.74, 6) is -0.730. The van der Waals surface area contributed by atoms with Gasteiger partial charge in [0.05, 0.1) is 5.75 Å². The number of nitrogens with zero attached hydrogens (tertiary/aromatic N) is 2. The lowest BCUT2D eigenvalue weighted by atomic mass is 10.1. The summed E-state index contributed by atoms with van der Waals surface area (Å²) in [5.41, 5.74) is 7.34. The lowest BCUT2D eigenvalue weighted by Gasteiger charge is -2.06. The van der Waals surface area contributed by atoms with Crippen molar-refractivity contribution in [3.63, 3.8) is 0 Å². The van der Waals surface area contributed by atoms with Crippen LogP contribution in [0.4, 0.5) is 5.82 Å². The normalized spacial score (nSPS) is 10.4. The molecular formula is C12H10ClN3O2S. The van der Waals surface area contributed by atoms with Crippen molar-refractivity contribution in [2.75, 3.05) is 11.5 Å². The number of thioether (sulfide) groups is 1. The number of aromatic nitrogens is 2. The Hall–Kier alpha value is -1.79. The van der Waals surface area contributed by atoms with Crippen LogP contribution in [0.25, 0.3) is 11.1 Å². The average molecular weight is 296 g/mol. The summed E-state index contributed by atoms with van der Waals surface area (Å²) in [6.45, 7) is 0. The van der Waals surface area contributed by atoms with Gasteiger partial charge in [-0.15, -0.1) is 0 Å². The third kappa shape index (κ3) is 3.59. The van der Waals surface area contributed by atoms with Crippen LogP contribution in [0.15, 0.2) is 35.6 Å². The molecular weight excluding hydrogens is 286 g/mol. The fourth-order valence-electron chi connectivity index (χ4n) is 1.45.